The Labute approximate surface area is 145 Å². The molecule has 1 aliphatic rings. The van der Waals surface area contributed by atoms with E-state index in [1.807, 2.05) is 0 Å². The van der Waals surface area contributed by atoms with Crippen LogP contribution >= 0.6 is 11.3 Å². The Morgan fingerprint density at radius 1 is 1.40 bits per heavy atom. The average molecular weight is 374 g/mol. The zero-order valence-corrected chi connectivity index (χ0v) is 14.3. The van der Waals surface area contributed by atoms with Gasteiger partial charge < -0.3 is 10.1 Å². The van der Waals surface area contributed by atoms with E-state index in [9.17, 15) is 18.0 Å². The molecule has 3 rings (SSSR count). The Bertz CT molecular complexity index is 778. The Morgan fingerprint density at radius 3 is 2.80 bits per heavy atom. The Morgan fingerprint density at radius 2 is 2.16 bits per heavy atom. The smallest absolute Gasteiger partial charge is 0.406 e. The number of amides is 1. The predicted molar refractivity (Wildman–Crippen MR) is 88.2 cm³/mol. The number of nitrogens with one attached hydrogen (secondary N) is 3. The molecule has 0 spiro atoms. The topological polar surface area (TPSA) is 75.3 Å². The van der Waals surface area contributed by atoms with Crippen molar-refractivity contribution in [1.82, 2.24) is 15.8 Å². The summed E-state index contributed by atoms with van der Waals surface area (Å²) in [6.45, 7) is 4.13. The summed E-state index contributed by atoms with van der Waals surface area (Å²) in [4.78, 5) is 16.5. The number of aromatic nitrogens is 1. The second kappa shape index (κ2) is 6.77. The fourth-order valence-electron chi connectivity index (χ4n) is 2.54. The molecule has 0 saturated carbocycles. The minimum Gasteiger partial charge on any atom is -0.406 e. The normalized spacial score (nSPS) is 21.0. The highest BCUT2D eigenvalue weighted by Gasteiger charge is 2.32. The Hall–Kier alpha value is -1.91. The minimum atomic E-state index is -4.75. The van der Waals surface area contributed by atoms with Gasteiger partial charge in [-0.3, -0.25) is 10.2 Å². The van der Waals surface area contributed by atoms with E-state index in [0.717, 1.165) is 11.3 Å². The number of rotatable bonds is 4. The van der Waals surface area contributed by atoms with Crippen molar-refractivity contribution >= 4 is 32.6 Å². The van der Waals surface area contributed by atoms with Crippen LogP contribution in [-0.4, -0.2) is 29.3 Å². The van der Waals surface area contributed by atoms with Gasteiger partial charge in [-0.05, 0) is 24.5 Å². The van der Waals surface area contributed by atoms with Gasteiger partial charge >= 0.3 is 6.36 Å². The molecule has 1 amide bonds. The van der Waals surface area contributed by atoms with Gasteiger partial charge in [-0.2, -0.15) is 0 Å². The summed E-state index contributed by atoms with van der Waals surface area (Å²) in [5.74, 6) is -0.163. The molecule has 0 aliphatic carbocycles. The van der Waals surface area contributed by atoms with Crippen molar-refractivity contribution in [2.75, 3.05) is 5.32 Å². The molecule has 10 heteroatoms. The summed E-state index contributed by atoms with van der Waals surface area (Å²) in [7, 11) is 0. The lowest BCUT2D eigenvalue weighted by molar-refractivity contribution is -0.274. The van der Waals surface area contributed by atoms with Gasteiger partial charge in [0.15, 0.2) is 5.13 Å². The molecule has 3 N–H and O–H groups in total. The quantitative estimate of drug-likeness (QED) is 0.767. The van der Waals surface area contributed by atoms with Gasteiger partial charge in [-0.25, -0.2) is 10.4 Å². The number of alkyl halides is 3. The molecule has 1 fully saturated rings. The lowest BCUT2D eigenvalue weighted by atomic mass is 9.99. The molecule has 25 heavy (non-hydrogen) atoms. The van der Waals surface area contributed by atoms with E-state index in [-0.39, 0.29) is 23.7 Å². The maximum Gasteiger partial charge on any atom is 0.573 e. The monoisotopic (exact) mass is 374 g/mol. The van der Waals surface area contributed by atoms with E-state index in [1.54, 1.807) is 0 Å². The molecule has 0 bridgehead atoms. The van der Waals surface area contributed by atoms with E-state index >= 15 is 0 Å². The SMILES string of the molecule is CC(C)C1CC(C(=O)Nc2nc3ccc(OC(F)(F)F)cc3s2)NN1. The lowest BCUT2D eigenvalue weighted by Crippen LogP contribution is -2.40. The van der Waals surface area contributed by atoms with Gasteiger partial charge in [-0.15, -0.1) is 13.2 Å². The molecule has 6 nitrogen and oxygen atoms in total. The van der Waals surface area contributed by atoms with E-state index in [2.05, 4.69) is 39.7 Å². The molecule has 1 aromatic heterocycles. The zero-order valence-electron chi connectivity index (χ0n) is 13.5. The summed E-state index contributed by atoms with van der Waals surface area (Å²) >= 11 is 1.09. The van der Waals surface area contributed by atoms with Crippen LogP contribution in [0, 0.1) is 5.92 Å². The molecule has 1 saturated heterocycles. The third-order valence-electron chi connectivity index (χ3n) is 3.88. The number of halogens is 3. The highest BCUT2D eigenvalue weighted by molar-refractivity contribution is 7.22. The van der Waals surface area contributed by atoms with Crippen molar-refractivity contribution in [2.24, 2.45) is 5.92 Å². The maximum absolute atomic E-state index is 12.3. The van der Waals surface area contributed by atoms with Crippen molar-refractivity contribution in [1.29, 1.82) is 0 Å². The largest absolute Gasteiger partial charge is 0.573 e. The van der Waals surface area contributed by atoms with E-state index in [4.69, 9.17) is 0 Å². The number of hydrogen-bond donors (Lipinski definition) is 3. The number of nitrogens with zero attached hydrogens (tertiary/aromatic N) is 1. The summed E-state index contributed by atoms with van der Waals surface area (Å²) in [6, 6.07) is 3.68. The second-order valence-electron chi connectivity index (χ2n) is 6.11. The van der Waals surface area contributed by atoms with Crippen LogP contribution < -0.4 is 20.9 Å². The number of thiazole rings is 1. The van der Waals surface area contributed by atoms with E-state index < -0.39 is 6.36 Å². The van der Waals surface area contributed by atoms with Crippen LogP contribution in [0.15, 0.2) is 18.2 Å². The van der Waals surface area contributed by atoms with Gasteiger partial charge in [0.05, 0.1) is 10.2 Å². The summed E-state index contributed by atoms with van der Waals surface area (Å²) in [5.41, 5.74) is 6.52. The number of carbonyl (C=O) groups excluding carboxylic acids is 1. The summed E-state index contributed by atoms with van der Waals surface area (Å²) in [5, 5.41) is 3.04. The van der Waals surface area contributed by atoms with Crippen LogP contribution in [-0.2, 0) is 4.79 Å². The number of hydrazine groups is 1. The van der Waals surface area contributed by atoms with Crippen LogP contribution in [0.1, 0.15) is 20.3 Å². The van der Waals surface area contributed by atoms with Crippen molar-refractivity contribution < 1.29 is 22.7 Å². The fourth-order valence-corrected chi connectivity index (χ4v) is 3.44. The van der Waals surface area contributed by atoms with Gasteiger partial charge in [0.25, 0.3) is 0 Å². The molecule has 0 radical (unpaired) electrons. The molecule has 136 valence electrons. The zero-order chi connectivity index (χ0) is 18.2. The third kappa shape index (κ3) is 4.39. The second-order valence-corrected chi connectivity index (χ2v) is 7.14. The first-order chi connectivity index (χ1) is 11.7. The molecule has 1 aromatic carbocycles. The van der Waals surface area contributed by atoms with E-state index in [1.165, 1.54) is 18.2 Å². The van der Waals surface area contributed by atoms with Crippen LogP contribution in [0.5, 0.6) is 5.75 Å². The Balaban J connectivity index is 1.69. The van der Waals surface area contributed by atoms with Crippen LogP contribution in [0.4, 0.5) is 18.3 Å². The van der Waals surface area contributed by atoms with Crippen LogP contribution in [0.2, 0.25) is 0 Å². The number of benzene rings is 1. The first kappa shape index (κ1) is 17.9. The van der Waals surface area contributed by atoms with Crippen molar-refractivity contribution in [2.45, 2.75) is 38.7 Å². The fraction of sp³-hybridized carbons (Fsp3) is 0.467. The first-order valence-electron chi connectivity index (χ1n) is 7.69. The van der Waals surface area contributed by atoms with Gasteiger partial charge in [-0.1, -0.05) is 25.2 Å². The van der Waals surface area contributed by atoms with Crippen molar-refractivity contribution in [3.63, 3.8) is 0 Å². The molecule has 2 unspecified atom stereocenters. The molecular weight excluding hydrogens is 357 g/mol. The van der Waals surface area contributed by atoms with Crippen molar-refractivity contribution in [3.8, 4) is 5.75 Å². The molecule has 2 aromatic rings. The predicted octanol–water partition coefficient (Wildman–Crippen LogP) is 3.02. The summed E-state index contributed by atoms with van der Waals surface area (Å²) in [6.07, 6.45) is -4.10. The van der Waals surface area contributed by atoms with Gasteiger partial charge in [0.2, 0.25) is 5.91 Å². The van der Waals surface area contributed by atoms with E-state index in [0.29, 0.717) is 27.7 Å². The average Bonchev–Trinajstić information content (AvgIpc) is 3.11. The summed E-state index contributed by atoms with van der Waals surface area (Å²) < 4.78 is 41.2. The number of fused-ring (bicyclic) bond motifs is 1. The van der Waals surface area contributed by atoms with Gasteiger partial charge in [0, 0.05) is 12.1 Å². The third-order valence-corrected chi connectivity index (χ3v) is 4.81. The first-order valence-corrected chi connectivity index (χ1v) is 8.51. The number of hydrogen-bond acceptors (Lipinski definition) is 6. The lowest BCUT2D eigenvalue weighted by Gasteiger charge is -2.12. The van der Waals surface area contributed by atoms with Gasteiger partial charge in [0.1, 0.15) is 11.8 Å². The maximum atomic E-state index is 12.3. The number of anilines is 1. The number of carbonyl (C=O) groups is 1. The van der Waals surface area contributed by atoms with Crippen LogP contribution in [0.3, 0.4) is 0 Å². The van der Waals surface area contributed by atoms with Crippen molar-refractivity contribution in [3.05, 3.63) is 18.2 Å². The molecular formula is C15H17F3N4O2S. The molecule has 2 heterocycles. The molecule has 1 aliphatic heterocycles. The standard InChI is InChI=1S/C15H17F3N4O2S/c1-7(2)10-6-11(22-21-10)13(23)20-14-19-9-4-3-8(5-12(9)25-14)24-15(16,17)18/h3-5,7,10-11,21-22H,6H2,1-2H3,(H,19,20,23). The Kier molecular flexibility index (Phi) is 4.85. The molecule has 2 atom stereocenters. The highest BCUT2D eigenvalue weighted by Crippen LogP contribution is 2.31. The van der Waals surface area contributed by atoms with Crippen LogP contribution in [0.25, 0.3) is 10.2 Å². The number of ether oxygens (including phenoxy) is 1. The minimum absolute atomic E-state index is 0.202. The highest BCUT2D eigenvalue weighted by atomic mass is 32.1.